The zero-order valence-electron chi connectivity index (χ0n) is 9.00. The fourth-order valence-corrected chi connectivity index (χ4v) is 2.24. The Bertz CT molecular complexity index is 134. The van der Waals surface area contributed by atoms with Gasteiger partial charge in [-0.3, -0.25) is 0 Å². The van der Waals surface area contributed by atoms with Gasteiger partial charge < -0.3 is 10.0 Å². The summed E-state index contributed by atoms with van der Waals surface area (Å²) in [6, 6.07) is 0. The van der Waals surface area contributed by atoms with Gasteiger partial charge >= 0.3 is 0 Å². The maximum atomic E-state index is 9.63. The molecule has 1 aliphatic rings. The summed E-state index contributed by atoms with van der Waals surface area (Å²) in [6.07, 6.45) is 4.67. The molecule has 0 aromatic heterocycles. The van der Waals surface area contributed by atoms with Crippen molar-refractivity contribution in [2.75, 3.05) is 19.6 Å². The molecule has 0 aliphatic heterocycles. The van der Waals surface area contributed by atoms with Crippen LogP contribution >= 0.6 is 0 Å². The molecule has 0 heterocycles. The molecule has 0 aromatic carbocycles. The van der Waals surface area contributed by atoms with E-state index in [0.717, 1.165) is 26.1 Å². The summed E-state index contributed by atoms with van der Waals surface area (Å²) in [5, 5.41) is 9.63. The molecule has 0 bridgehead atoms. The van der Waals surface area contributed by atoms with Gasteiger partial charge in [0.2, 0.25) is 0 Å². The van der Waals surface area contributed by atoms with E-state index in [1.807, 2.05) is 0 Å². The average Bonchev–Trinajstić information content (AvgIpc) is 2.54. The molecule has 0 radical (unpaired) electrons. The lowest BCUT2D eigenvalue weighted by Crippen LogP contribution is -2.27. The third-order valence-electron chi connectivity index (χ3n) is 3.33. The average molecular weight is 185 g/mol. The first-order valence-corrected chi connectivity index (χ1v) is 5.68. The molecule has 13 heavy (non-hydrogen) atoms. The van der Waals surface area contributed by atoms with Crippen LogP contribution in [0.2, 0.25) is 0 Å². The highest BCUT2D eigenvalue weighted by Gasteiger charge is 2.24. The highest BCUT2D eigenvalue weighted by atomic mass is 16.3. The fraction of sp³-hybridized carbons (Fsp3) is 1.00. The number of rotatable bonds is 5. The van der Waals surface area contributed by atoms with Gasteiger partial charge in [0.1, 0.15) is 0 Å². The lowest BCUT2D eigenvalue weighted by atomic mass is 10.0. The van der Waals surface area contributed by atoms with E-state index in [1.165, 1.54) is 19.3 Å². The van der Waals surface area contributed by atoms with Crippen LogP contribution in [0.25, 0.3) is 0 Å². The van der Waals surface area contributed by atoms with E-state index >= 15 is 0 Å². The Balaban J connectivity index is 2.17. The molecule has 2 heteroatoms. The molecular formula is C11H23NO. The van der Waals surface area contributed by atoms with Crippen molar-refractivity contribution in [1.82, 2.24) is 4.90 Å². The molecule has 1 aliphatic carbocycles. The standard InChI is InChI=1S/C11H23NO/c1-3-12(4-2)9-8-10-6-5-7-11(10)13/h10-11,13H,3-9H2,1-2H3. The zero-order chi connectivity index (χ0) is 9.68. The fourth-order valence-electron chi connectivity index (χ4n) is 2.24. The normalized spacial score (nSPS) is 28.6. The largest absolute Gasteiger partial charge is 0.393 e. The lowest BCUT2D eigenvalue weighted by Gasteiger charge is -2.21. The van der Waals surface area contributed by atoms with Crippen LogP contribution in [0.15, 0.2) is 0 Å². The molecule has 2 atom stereocenters. The van der Waals surface area contributed by atoms with Gasteiger partial charge in [-0.1, -0.05) is 20.3 Å². The van der Waals surface area contributed by atoms with Crippen LogP contribution in [0.5, 0.6) is 0 Å². The summed E-state index contributed by atoms with van der Waals surface area (Å²) in [5.41, 5.74) is 0. The molecule has 0 spiro atoms. The summed E-state index contributed by atoms with van der Waals surface area (Å²) in [6.45, 7) is 7.84. The second kappa shape index (κ2) is 5.61. The van der Waals surface area contributed by atoms with Crippen LogP contribution in [0.4, 0.5) is 0 Å². The molecular weight excluding hydrogens is 162 g/mol. The summed E-state index contributed by atoms with van der Waals surface area (Å²) >= 11 is 0. The van der Waals surface area contributed by atoms with Crippen LogP contribution < -0.4 is 0 Å². The number of hydrogen-bond donors (Lipinski definition) is 1. The van der Waals surface area contributed by atoms with E-state index in [0.29, 0.717) is 5.92 Å². The Labute approximate surface area is 81.9 Å². The second-order valence-corrected chi connectivity index (χ2v) is 4.07. The quantitative estimate of drug-likeness (QED) is 0.707. The highest BCUT2D eigenvalue weighted by Crippen LogP contribution is 2.28. The molecule has 1 fully saturated rings. The van der Waals surface area contributed by atoms with Crippen LogP contribution in [0.3, 0.4) is 0 Å². The summed E-state index contributed by atoms with van der Waals surface area (Å²) in [4.78, 5) is 2.44. The van der Waals surface area contributed by atoms with Crippen molar-refractivity contribution >= 4 is 0 Å². The van der Waals surface area contributed by atoms with Crippen molar-refractivity contribution in [3.63, 3.8) is 0 Å². The number of nitrogens with zero attached hydrogens (tertiary/aromatic N) is 1. The Morgan fingerprint density at radius 3 is 2.38 bits per heavy atom. The Kier molecular flexibility index (Phi) is 4.74. The Hall–Kier alpha value is -0.0800. The molecule has 78 valence electrons. The maximum absolute atomic E-state index is 9.63. The Morgan fingerprint density at radius 2 is 1.92 bits per heavy atom. The van der Waals surface area contributed by atoms with Crippen molar-refractivity contribution in [2.24, 2.45) is 5.92 Å². The summed E-state index contributed by atoms with van der Waals surface area (Å²) < 4.78 is 0. The minimum atomic E-state index is -0.00411. The van der Waals surface area contributed by atoms with Gasteiger partial charge in [-0.2, -0.15) is 0 Å². The first-order chi connectivity index (χ1) is 6.27. The SMILES string of the molecule is CCN(CC)CCC1CCCC1O. The van der Waals surface area contributed by atoms with Crippen molar-refractivity contribution in [2.45, 2.75) is 45.6 Å². The molecule has 1 saturated carbocycles. The van der Waals surface area contributed by atoms with E-state index < -0.39 is 0 Å². The third-order valence-corrected chi connectivity index (χ3v) is 3.33. The molecule has 1 rings (SSSR count). The van der Waals surface area contributed by atoms with Crippen molar-refractivity contribution in [1.29, 1.82) is 0 Å². The minimum absolute atomic E-state index is 0.00411. The van der Waals surface area contributed by atoms with Gasteiger partial charge in [-0.25, -0.2) is 0 Å². The minimum Gasteiger partial charge on any atom is -0.393 e. The van der Waals surface area contributed by atoms with Gasteiger partial charge in [-0.05, 0) is 44.8 Å². The van der Waals surface area contributed by atoms with Gasteiger partial charge in [0.15, 0.2) is 0 Å². The van der Waals surface area contributed by atoms with E-state index in [2.05, 4.69) is 18.7 Å². The Morgan fingerprint density at radius 1 is 1.23 bits per heavy atom. The van der Waals surface area contributed by atoms with Crippen molar-refractivity contribution in [3.8, 4) is 0 Å². The first kappa shape index (κ1) is 11.0. The van der Waals surface area contributed by atoms with Crippen LogP contribution in [0, 0.1) is 5.92 Å². The van der Waals surface area contributed by atoms with Crippen molar-refractivity contribution < 1.29 is 5.11 Å². The van der Waals surface area contributed by atoms with Crippen LogP contribution in [0.1, 0.15) is 39.5 Å². The smallest absolute Gasteiger partial charge is 0.0568 e. The predicted molar refractivity (Wildman–Crippen MR) is 55.8 cm³/mol. The third kappa shape index (κ3) is 3.28. The lowest BCUT2D eigenvalue weighted by molar-refractivity contribution is 0.119. The van der Waals surface area contributed by atoms with E-state index in [9.17, 15) is 5.11 Å². The number of aliphatic hydroxyl groups is 1. The molecule has 0 aromatic rings. The monoisotopic (exact) mass is 185 g/mol. The number of hydrogen-bond acceptors (Lipinski definition) is 2. The van der Waals surface area contributed by atoms with Crippen LogP contribution in [-0.2, 0) is 0 Å². The van der Waals surface area contributed by atoms with E-state index in [-0.39, 0.29) is 6.10 Å². The highest BCUT2D eigenvalue weighted by molar-refractivity contribution is 4.77. The van der Waals surface area contributed by atoms with E-state index in [1.54, 1.807) is 0 Å². The predicted octanol–water partition coefficient (Wildman–Crippen LogP) is 1.88. The van der Waals surface area contributed by atoms with Crippen LogP contribution in [-0.4, -0.2) is 35.7 Å². The van der Waals surface area contributed by atoms with Gasteiger partial charge in [0.25, 0.3) is 0 Å². The molecule has 2 nitrogen and oxygen atoms in total. The molecule has 1 N–H and O–H groups in total. The van der Waals surface area contributed by atoms with Gasteiger partial charge in [0, 0.05) is 0 Å². The maximum Gasteiger partial charge on any atom is 0.0568 e. The molecule has 2 unspecified atom stereocenters. The second-order valence-electron chi connectivity index (χ2n) is 4.07. The summed E-state index contributed by atoms with van der Waals surface area (Å²) in [7, 11) is 0. The molecule has 0 amide bonds. The van der Waals surface area contributed by atoms with Crippen molar-refractivity contribution in [3.05, 3.63) is 0 Å². The van der Waals surface area contributed by atoms with Gasteiger partial charge in [-0.15, -0.1) is 0 Å². The van der Waals surface area contributed by atoms with Gasteiger partial charge in [0.05, 0.1) is 6.10 Å². The summed E-state index contributed by atoms with van der Waals surface area (Å²) in [5.74, 6) is 0.584. The number of aliphatic hydroxyl groups excluding tert-OH is 1. The topological polar surface area (TPSA) is 23.5 Å². The van der Waals surface area contributed by atoms with E-state index in [4.69, 9.17) is 0 Å². The molecule has 0 saturated heterocycles. The first-order valence-electron chi connectivity index (χ1n) is 5.68. The zero-order valence-corrected chi connectivity index (χ0v) is 9.00.